The van der Waals surface area contributed by atoms with Gasteiger partial charge < -0.3 is 4.90 Å². The molecule has 3 rings (SSSR count). The molecule has 1 amide bonds. The van der Waals surface area contributed by atoms with Crippen LogP contribution in [0.3, 0.4) is 0 Å². The molecule has 0 N–H and O–H groups in total. The summed E-state index contributed by atoms with van der Waals surface area (Å²) in [5.74, 6) is 0.394. The van der Waals surface area contributed by atoms with Crippen LogP contribution >= 0.6 is 17.0 Å². The number of aryl methyl sites for hydroxylation is 1. The highest BCUT2D eigenvalue weighted by atomic mass is 79.9. The molecule has 4 heteroatoms. The quantitative estimate of drug-likeness (QED) is 0.718. The number of hydrogen-bond donors (Lipinski definition) is 0. The Morgan fingerprint density at radius 3 is 2.46 bits per heavy atom. The Balaban J connectivity index is 0.00000243. The highest BCUT2D eigenvalue weighted by Gasteiger charge is 2.27. The minimum absolute atomic E-state index is 0. The fourth-order valence-electron chi connectivity index (χ4n) is 3.60. The monoisotopic (exact) mass is 416 g/mol. The molecule has 1 aliphatic heterocycles. The molecule has 1 saturated heterocycles. The fourth-order valence-corrected chi connectivity index (χ4v) is 3.60. The number of hydrogen-bond acceptors (Lipinski definition) is 2. The normalized spacial score (nSPS) is 17.4. The molecule has 2 aromatic carbocycles. The number of amides is 1. The molecule has 26 heavy (non-hydrogen) atoms. The smallest absolute Gasteiger partial charge is 0.227 e. The molecule has 2 aromatic rings. The number of carbonyl (C=O) groups is 1. The van der Waals surface area contributed by atoms with Crippen LogP contribution in [-0.4, -0.2) is 35.8 Å². The van der Waals surface area contributed by atoms with E-state index < -0.39 is 0 Å². The summed E-state index contributed by atoms with van der Waals surface area (Å²) in [5, 5.41) is 0. The summed E-state index contributed by atoms with van der Waals surface area (Å²) in [4.78, 5) is 17.2. The van der Waals surface area contributed by atoms with Crippen LogP contribution in [0.4, 0.5) is 0 Å². The zero-order valence-electron chi connectivity index (χ0n) is 15.7. The van der Waals surface area contributed by atoms with Crippen molar-refractivity contribution in [3.05, 3.63) is 71.3 Å². The van der Waals surface area contributed by atoms with Crippen molar-refractivity contribution in [2.24, 2.45) is 5.92 Å². The van der Waals surface area contributed by atoms with Crippen LogP contribution in [0.25, 0.3) is 0 Å². The zero-order chi connectivity index (χ0) is 17.6. The second-order valence-electron chi connectivity index (χ2n) is 7.24. The van der Waals surface area contributed by atoms with E-state index >= 15 is 0 Å². The van der Waals surface area contributed by atoms with Gasteiger partial charge in [0.2, 0.25) is 5.91 Å². The standard InChI is InChI=1S/C22H28N2O.BrH/c1-18-10-12-20(13-11-18)16-24-14-6-9-21(17-24)22(25)23(2)15-19-7-4-3-5-8-19;/h3-5,7-8,10-13,21H,6,9,14-17H2,1-2H3;1H. The number of benzene rings is 2. The van der Waals surface area contributed by atoms with Crippen LogP contribution < -0.4 is 0 Å². The van der Waals surface area contributed by atoms with Gasteiger partial charge in [-0.15, -0.1) is 17.0 Å². The molecule has 1 aliphatic rings. The molecule has 1 heterocycles. The van der Waals surface area contributed by atoms with E-state index in [1.807, 2.05) is 30.1 Å². The minimum atomic E-state index is 0. The van der Waals surface area contributed by atoms with Gasteiger partial charge in [-0.25, -0.2) is 0 Å². The van der Waals surface area contributed by atoms with Crippen LogP contribution in [0.15, 0.2) is 54.6 Å². The second-order valence-corrected chi connectivity index (χ2v) is 7.24. The lowest BCUT2D eigenvalue weighted by atomic mass is 9.96. The molecule has 1 unspecified atom stereocenters. The topological polar surface area (TPSA) is 23.6 Å². The Kier molecular flexibility index (Phi) is 7.85. The molecular weight excluding hydrogens is 388 g/mol. The summed E-state index contributed by atoms with van der Waals surface area (Å²) in [7, 11) is 1.92. The van der Waals surface area contributed by atoms with E-state index in [-0.39, 0.29) is 28.8 Å². The minimum Gasteiger partial charge on any atom is -0.341 e. The number of rotatable bonds is 5. The van der Waals surface area contributed by atoms with E-state index in [1.54, 1.807) is 0 Å². The molecule has 0 radical (unpaired) electrons. The Labute approximate surface area is 167 Å². The van der Waals surface area contributed by atoms with Crippen molar-refractivity contribution >= 4 is 22.9 Å². The summed E-state index contributed by atoms with van der Waals surface area (Å²) < 4.78 is 0. The van der Waals surface area contributed by atoms with Gasteiger partial charge in [-0.05, 0) is 37.4 Å². The van der Waals surface area contributed by atoms with Crippen LogP contribution in [0.5, 0.6) is 0 Å². The molecule has 1 atom stereocenters. The maximum Gasteiger partial charge on any atom is 0.227 e. The number of likely N-dealkylation sites (tertiary alicyclic amines) is 1. The Bertz CT molecular complexity index is 687. The maximum absolute atomic E-state index is 12.8. The average Bonchev–Trinajstić information content (AvgIpc) is 2.64. The van der Waals surface area contributed by atoms with Crippen molar-refractivity contribution in [1.82, 2.24) is 9.80 Å². The SMILES string of the molecule is Br.Cc1ccc(CN2CCCC(C(=O)N(C)Cc3ccccc3)C2)cc1. The van der Waals surface area contributed by atoms with Crippen LogP contribution in [-0.2, 0) is 17.9 Å². The molecule has 0 spiro atoms. The summed E-state index contributed by atoms with van der Waals surface area (Å²) in [5.41, 5.74) is 3.81. The molecular formula is C22H29BrN2O. The van der Waals surface area contributed by atoms with Gasteiger partial charge in [-0.2, -0.15) is 0 Å². The second kappa shape index (κ2) is 9.89. The summed E-state index contributed by atoms with van der Waals surface area (Å²) in [6.45, 7) is 5.69. The molecule has 0 saturated carbocycles. The van der Waals surface area contributed by atoms with Gasteiger partial charge in [0.25, 0.3) is 0 Å². The summed E-state index contributed by atoms with van der Waals surface area (Å²) in [6.07, 6.45) is 2.10. The lowest BCUT2D eigenvalue weighted by molar-refractivity contribution is -0.136. The zero-order valence-corrected chi connectivity index (χ0v) is 17.4. The average molecular weight is 417 g/mol. The van der Waals surface area contributed by atoms with Gasteiger partial charge in [-0.1, -0.05) is 60.2 Å². The summed E-state index contributed by atoms with van der Waals surface area (Å²) in [6, 6.07) is 18.9. The number of nitrogens with zero attached hydrogens (tertiary/aromatic N) is 2. The molecule has 0 bridgehead atoms. The third-order valence-corrected chi connectivity index (χ3v) is 5.02. The lowest BCUT2D eigenvalue weighted by Gasteiger charge is -2.34. The van der Waals surface area contributed by atoms with Crippen molar-refractivity contribution in [2.45, 2.75) is 32.9 Å². The number of halogens is 1. The van der Waals surface area contributed by atoms with E-state index in [0.29, 0.717) is 6.54 Å². The molecule has 140 valence electrons. The first-order valence-corrected chi connectivity index (χ1v) is 9.18. The van der Waals surface area contributed by atoms with Crippen LogP contribution in [0, 0.1) is 12.8 Å². The van der Waals surface area contributed by atoms with Gasteiger partial charge in [0.1, 0.15) is 0 Å². The van der Waals surface area contributed by atoms with E-state index in [0.717, 1.165) is 32.5 Å². The summed E-state index contributed by atoms with van der Waals surface area (Å²) >= 11 is 0. The third kappa shape index (κ3) is 5.68. The maximum atomic E-state index is 12.8. The first-order chi connectivity index (χ1) is 12.1. The van der Waals surface area contributed by atoms with Crippen LogP contribution in [0.2, 0.25) is 0 Å². The molecule has 0 aliphatic carbocycles. The van der Waals surface area contributed by atoms with Crippen molar-refractivity contribution in [2.75, 3.05) is 20.1 Å². The molecule has 3 nitrogen and oxygen atoms in total. The van der Waals surface area contributed by atoms with E-state index in [4.69, 9.17) is 0 Å². The van der Waals surface area contributed by atoms with Gasteiger partial charge in [0.15, 0.2) is 0 Å². The van der Waals surface area contributed by atoms with Gasteiger partial charge in [0, 0.05) is 26.7 Å². The predicted molar refractivity (Wildman–Crippen MR) is 112 cm³/mol. The molecule has 1 fully saturated rings. The van der Waals surface area contributed by atoms with Gasteiger partial charge in [-0.3, -0.25) is 9.69 Å². The lowest BCUT2D eigenvalue weighted by Crippen LogP contribution is -2.43. The van der Waals surface area contributed by atoms with E-state index in [9.17, 15) is 4.79 Å². The van der Waals surface area contributed by atoms with Crippen molar-refractivity contribution in [3.8, 4) is 0 Å². The first kappa shape index (κ1) is 20.7. The highest BCUT2D eigenvalue weighted by molar-refractivity contribution is 8.93. The van der Waals surface area contributed by atoms with Crippen molar-refractivity contribution in [1.29, 1.82) is 0 Å². The first-order valence-electron chi connectivity index (χ1n) is 9.18. The van der Waals surface area contributed by atoms with Gasteiger partial charge in [0.05, 0.1) is 5.92 Å². The van der Waals surface area contributed by atoms with Crippen molar-refractivity contribution in [3.63, 3.8) is 0 Å². The van der Waals surface area contributed by atoms with Gasteiger partial charge >= 0.3 is 0 Å². The van der Waals surface area contributed by atoms with E-state index in [2.05, 4.69) is 48.2 Å². The van der Waals surface area contributed by atoms with Crippen molar-refractivity contribution < 1.29 is 4.79 Å². The fraction of sp³-hybridized carbons (Fsp3) is 0.409. The number of carbonyl (C=O) groups excluding carboxylic acids is 1. The number of piperidine rings is 1. The molecule has 0 aromatic heterocycles. The Hall–Kier alpha value is -1.65. The highest BCUT2D eigenvalue weighted by Crippen LogP contribution is 2.21. The van der Waals surface area contributed by atoms with Crippen LogP contribution in [0.1, 0.15) is 29.5 Å². The Morgan fingerprint density at radius 2 is 1.77 bits per heavy atom. The van der Waals surface area contributed by atoms with E-state index in [1.165, 1.54) is 16.7 Å². The third-order valence-electron chi connectivity index (χ3n) is 5.02. The predicted octanol–water partition coefficient (Wildman–Crippen LogP) is 4.44. The largest absolute Gasteiger partial charge is 0.341 e. The Morgan fingerprint density at radius 1 is 1.08 bits per heavy atom.